The number of rotatable bonds is 8. The van der Waals surface area contributed by atoms with Gasteiger partial charge in [-0.1, -0.05) is 53.9 Å². The summed E-state index contributed by atoms with van der Waals surface area (Å²) in [6.45, 7) is 15.1. The Labute approximate surface area is 142 Å². The van der Waals surface area contributed by atoms with E-state index in [0.29, 0.717) is 5.92 Å². The van der Waals surface area contributed by atoms with E-state index >= 15 is 0 Å². The highest BCUT2D eigenvalue weighted by atomic mass is 16.3. The van der Waals surface area contributed by atoms with E-state index in [-0.39, 0.29) is 22.7 Å². The molecular formula is C20H37NO2. The molecule has 0 aliphatic carbocycles. The Morgan fingerprint density at radius 1 is 1.00 bits per heavy atom. The molecule has 0 saturated heterocycles. The third-order valence-electron chi connectivity index (χ3n) is 4.54. The lowest BCUT2D eigenvalue weighted by atomic mass is 9.81. The molecule has 0 bridgehead atoms. The molecule has 0 fully saturated rings. The maximum atomic E-state index is 10.8. The summed E-state index contributed by atoms with van der Waals surface area (Å²) in [6, 6.07) is 1.79. The average molecular weight is 324 g/mol. The summed E-state index contributed by atoms with van der Waals surface area (Å²) >= 11 is 0. The lowest BCUT2D eigenvalue weighted by molar-refractivity contribution is 0.184. The molecule has 2 N–H and O–H groups in total. The van der Waals surface area contributed by atoms with E-state index < -0.39 is 0 Å². The quantitative estimate of drug-likeness (QED) is 0.603. The topological polar surface area (TPSA) is 45.4 Å². The van der Waals surface area contributed by atoms with Gasteiger partial charge in [0.1, 0.15) is 0 Å². The Balaban J connectivity index is 3.20. The molecule has 0 aliphatic rings. The Morgan fingerprint density at radius 2 is 1.61 bits per heavy atom. The van der Waals surface area contributed by atoms with Gasteiger partial charge >= 0.3 is 0 Å². The molecule has 0 spiro atoms. The summed E-state index contributed by atoms with van der Waals surface area (Å²) < 4.78 is 1.72. The van der Waals surface area contributed by atoms with E-state index in [9.17, 15) is 10.2 Å². The van der Waals surface area contributed by atoms with E-state index in [4.69, 9.17) is 0 Å². The first-order chi connectivity index (χ1) is 10.5. The van der Waals surface area contributed by atoms with Crippen LogP contribution in [0, 0.1) is 5.41 Å². The summed E-state index contributed by atoms with van der Waals surface area (Å²) in [4.78, 5) is 0. The van der Waals surface area contributed by atoms with Crippen molar-refractivity contribution in [2.24, 2.45) is 5.41 Å². The standard InChI is InChI=1S/C20H37NO2/c1-8-10-12-15(11-9-2)16-13-17(22)21(18(16)23)20(6,7)14-19(3,4)5/h13,15,22-23H,8-12,14H2,1-7H3. The molecule has 0 aromatic carbocycles. The predicted molar refractivity (Wildman–Crippen MR) is 98.3 cm³/mol. The van der Waals surface area contributed by atoms with Crippen LogP contribution in [0.3, 0.4) is 0 Å². The largest absolute Gasteiger partial charge is 0.494 e. The summed E-state index contributed by atoms with van der Waals surface area (Å²) in [5.74, 6) is 0.771. The normalized spacial score (nSPS) is 14.2. The summed E-state index contributed by atoms with van der Waals surface area (Å²) in [5.41, 5.74) is 0.712. The SMILES string of the molecule is CCCCC(CCC)c1cc(O)n(C(C)(C)CC(C)(C)C)c1O. The van der Waals surface area contributed by atoms with Gasteiger partial charge in [-0.25, -0.2) is 0 Å². The average Bonchev–Trinajstić information content (AvgIpc) is 2.67. The van der Waals surface area contributed by atoms with Crippen LogP contribution in [0.1, 0.15) is 98.5 Å². The molecule has 0 radical (unpaired) electrons. The first-order valence-corrected chi connectivity index (χ1v) is 9.17. The van der Waals surface area contributed by atoms with Gasteiger partial charge in [0.05, 0.1) is 0 Å². The highest BCUT2D eigenvalue weighted by Crippen LogP contribution is 2.44. The minimum absolute atomic E-state index is 0.123. The number of unbranched alkanes of at least 4 members (excludes halogenated alkanes) is 1. The van der Waals surface area contributed by atoms with Crippen molar-refractivity contribution in [1.29, 1.82) is 0 Å². The van der Waals surface area contributed by atoms with Crippen molar-refractivity contribution in [2.45, 2.75) is 98.4 Å². The molecule has 0 amide bonds. The van der Waals surface area contributed by atoms with E-state index in [2.05, 4.69) is 48.5 Å². The Morgan fingerprint density at radius 3 is 2.09 bits per heavy atom. The number of hydrogen-bond donors (Lipinski definition) is 2. The molecular weight excluding hydrogens is 286 g/mol. The molecule has 1 atom stereocenters. The molecule has 1 unspecified atom stereocenters. The number of nitrogens with zero attached hydrogens (tertiary/aromatic N) is 1. The zero-order chi connectivity index (χ0) is 17.8. The van der Waals surface area contributed by atoms with Gasteiger partial charge in [0.2, 0.25) is 0 Å². The van der Waals surface area contributed by atoms with E-state index in [1.54, 1.807) is 10.6 Å². The molecule has 23 heavy (non-hydrogen) atoms. The number of aromatic hydroxyl groups is 2. The molecule has 0 saturated carbocycles. The van der Waals surface area contributed by atoms with Crippen molar-refractivity contribution in [3.05, 3.63) is 11.6 Å². The van der Waals surface area contributed by atoms with Gasteiger partial charge in [-0.15, -0.1) is 0 Å². The van der Waals surface area contributed by atoms with Crippen molar-refractivity contribution in [3.63, 3.8) is 0 Å². The first kappa shape index (κ1) is 19.9. The maximum absolute atomic E-state index is 10.8. The lowest BCUT2D eigenvalue weighted by Crippen LogP contribution is -2.31. The Hall–Kier alpha value is -1.12. The monoisotopic (exact) mass is 323 g/mol. The third kappa shape index (κ3) is 5.19. The van der Waals surface area contributed by atoms with Gasteiger partial charge in [0.25, 0.3) is 0 Å². The molecule has 0 aliphatic heterocycles. The summed E-state index contributed by atoms with van der Waals surface area (Å²) in [5, 5.41) is 21.3. The van der Waals surface area contributed by atoms with Gasteiger partial charge in [-0.3, -0.25) is 4.57 Å². The van der Waals surface area contributed by atoms with Crippen LogP contribution in [0.5, 0.6) is 11.8 Å². The summed E-state index contributed by atoms with van der Waals surface area (Å²) in [6.07, 6.45) is 6.40. The molecule has 1 aromatic rings. The fourth-order valence-electron chi connectivity index (χ4n) is 4.03. The van der Waals surface area contributed by atoms with Gasteiger partial charge in [0.15, 0.2) is 11.8 Å². The van der Waals surface area contributed by atoms with Crippen LogP contribution in [-0.2, 0) is 5.54 Å². The van der Waals surface area contributed by atoms with Crippen molar-refractivity contribution < 1.29 is 10.2 Å². The van der Waals surface area contributed by atoms with Crippen LogP contribution in [0.4, 0.5) is 0 Å². The molecule has 134 valence electrons. The molecule has 3 heteroatoms. The Bertz CT molecular complexity index is 494. The Kier molecular flexibility index (Phi) is 6.61. The molecule has 1 aromatic heterocycles. The summed E-state index contributed by atoms with van der Waals surface area (Å²) in [7, 11) is 0. The van der Waals surface area contributed by atoms with Crippen LogP contribution >= 0.6 is 0 Å². The minimum Gasteiger partial charge on any atom is -0.494 e. The molecule has 1 rings (SSSR count). The van der Waals surface area contributed by atoms with Crippen molar-refractivity contribution >= 4 is 0 Å². The zero-order valence-electron chi connectivity index (χ0n) is 16.2. The van der Waals surface area contributed by atoms with Gasteiger partial charge < -0.3 is 10.2 Å². The first-order valence-electron chi connectivity index (χ1n) is 9.17. The third-order valence-corrected chi connectivity index (χ3v) is 4.54. The van der Waals surface area contributed by atoms with Crippen molar-refractivity contribution in [2.75, 3.05) is 0 Å². The second kappa shape index (κ2) is 7.63. The highest BCUT2D eigenvalue weighted by Gasteiger charge is 2.33. The smallest absolute Gasteiger partial charge is 0.197 e. The second-order valence-corrected chi connectivity index (χ2v) is 8.79. The van der Waals surface area contributed by atoms with Crippen molar-refractivity contribution in [1.82, 2.24) is 4.57 Å². The molecule has 3 nitrogen and oxygen atoms in total. The van der Waals surface area contributed by atoms with Crippen molar-refractivity contribution in [3.8, 4) is 11.8 Å². The van der Waals surface area contributed by atoms with Gasteiger partial charge in [-0.2, -0.15) is 0 Å². The minimum atomic E-state index is -0.327. The predicted octanol–water partition coefficient (Wildman–Crippen LogP) is 6.14. The number of hydrogen-bond acceptors (Lipinski definition) is 2. The van der Waals surface area contributed by atoms with E-state index in [1.165, 1.54) is 0 Å². The van der Waals surface area contributed by atoms with Crippen LogP contribution < -0.4 is 0 Å². The van der Waals surface area contributed by atoms with Gasteiger partial charge in [0, 0.05) is 17.2 Å². The van der Waals surface area contributed by atoms with E-state index in [0.717, 1.165) is 44.1 Å². The zero-order valence-corrected chi connectivity index (χ0v) is 16.2. The maximum Gasteiger partial charge on any atom is 0.197 e. The second-order valence-electron chi connectivity index (χ2n) is 8.79. The van der Waals surface area contributed by atoms with Crippen LogP contribution in [0.2, 0.25) is 0 Å². The molecule has 1 heterocycles. The van der Waals surface area contributed by atoms with Crippen LogP contribution in [0.25, 0.3) is 0 Å². The lowest BCUT2D eigenvalue weighted by Gasteiger charge is -2.34. The fraction of sp³-hybridized carbons (Fsp3) is 0.800. The van der Waals surface area contributed by atoms with Crippen LogP contribution in [-0.4, -0.2) is 14.8 Å². The highest BCUT2D eigenvalue weighted by molar-refractivity contribution is 5.39. The van der Waals surface area contributed by atoms with E-state index in [1.807, 2.05) is 0 Å². The number of aromatic nitrogens is 1. The van der Waals surface area contributed by atoms with Crippen LogP contribution in [0.15, 0.2) is 6.07 Å². The fourth-order valence-corrected chi connectivity index (χ4v) is 4.03. The van der Waals surface area contributed by atoms with Gasteiger partial charge in [-0.05, 0) is 44.4 Å².